The zero-order valence-electron chi connectivity index (χ0n) is 16.5. The fourth-order valence-corrected chi connectivity index (χ4v) is 3.62. The summed E-state index contributed by atoms with van der Waals surface area (Å²) in [6, 6.07) is 21.9. The third kappa shape index (κ3) is 3.90. The lowest BCUT2D eigenvalue weighted by molar-refractivity contribution is -0.676. The van der Waals surface area contributed by atoms with Crippen molar-refractivity contribution in [3.63, 3.8) is 0 Å². The number of pyridine rings is 1. The normalized spacial score (nSPS) is 15.1. The van der Waals surface area contributed by atoms with E-state index in [-0.39, 0.29) is 6.10 Å². The van der Waals surface area contributed by atoms with Crippen molar-refractivity contribution < 1.29 is 14.8 Å². The summed E-state index contributed by atoms with van der Waals surface area (Å²) in [5.41, 5.74) is 4.16. The molecule has 2 N–H and O–H groups in total. The molecule has 30 heavy (non-hydrogen) atoms. The minimum Gasteiger partial charge on any atom is -0.486 e. The van der Waals surface area contributed by atoms with Crippen molar-refractivity contribution in [1.29, 1.82) is 0 Å². The topological polar surface area (TPSA) is 65.8 Å². The molecule has 0 unspecified atom stereocenters. The van der Waals surface area contributed by atoms with Crippen LogP contribution in [0, 0.1) is 0 Å². The van der Waals surface area contributed by atoms with Crippen LogP contribution in [0.1, 0.15) is 5.56 Å². The summed E-state index contributed by atoms with van der Waals surface area (Å²) in [7, 11) is 0. The van der Waals surface area contributed by atoms with Crippen LogP contribution in [-0.2, 0) is 6.54 Å². The summed E-state index contributed by atoms with van der Waals surface area (Å²) >= 11 is 0. The standard InChI is InChI=1S/C24H22N4O2/c1-2-8-20(9-3-1)28-16-19(24(27-28)18-7-6-12-25-13-18)14-26-15-21-17-29-22-10-4-5-11-23(22)30-21/h1-13,16,21,26H,14-15,17H2/p+1/t21-/m1/s1. The van der Waals surface area contributed by atoms with E-state index in [1.54, 1.807) is 6.20 Å². The fourth-order valence-electron chi connectivity index (χ4n) is 3.62. The molecule has 6 nitrogen and oxygen atoms in total. The third-order valence-electron chi connectivity index (χ3n) is 5.11. The summed E-state index contributed by atoms with van der Waals surface area (Å²) in [4.78, 5) is 4.26. The Labute approximate surface area is 175 Å². The lowest BCUT2D eigenvalue weighted by Crippen LogP contribution is -2.85. The van der Waals surface area contributed by atoms with Crippen LogP contribution in [0.25, 0.3) is 16.9 Å². The second-order valence-corrected chi connectivity index (χ2v) is 7.25. The Morgan fingerprint density at radius 2 is 1.80 bits per heavy atom. The Bertz CT molecular complexity index is 1110. The molecule has 0 fully saturated rings. The van der Waals surface area contributed by atoms with Crippen LogP contribution in [0.5, 0.6) is 11.5 Å². The van der Waals surface area contributed by atoms with E-state index in [1.165, 1.54) is 0 Å². The molecule has 1 aliphatic heterocycles. The number of nitrogens with two attached hydrogens (primary N) is 1. The second kappa shape index (κ2) is 8.39. The van der Waals surface area contributed by atoms with Gasteiger partial charge in [-0.15, -0.1) is 0 Å². The molecule has 0 radical (unpaired) electrons. The highest BCUT2D eigenvalue weighted by molar-refractivity contribution is 5.62. The molecule has 3 heterocycles. The molecule has 0 amide bonds. The number of quaternary nitrogens is 1. The SMILES string of the molecule is c1ccc(-n2cc(C[NH2+]C[C@@H]3COc4ccccc4O3)c(-c3cccnc3)n2)cc1. The largest absolute Gasteiger partial charge is 0.486 e. The summed E-state index contributed by atoms with van der Waals surface area (Å²) < 4.78 is 13.8. The van der Waals surface area contributed by atoms with Crippen molar-refractivity contribution in [2.24, 2.45) is 0 Å². The fraction of sp³-hybridized carbons (Fsp3) is 0.167. The van der Waals surface area contributed by atoms with E-state index in [2.05, 4.69) is 28.6 Å². The quantitative estimate of drug-likeness (QED) is 0.542. The van der Waals surface area contributed by atoms with Gasteiger partial charge in [-0.1, -0.05) is 30.3 Å². The molecule has 6 heteroatoms. The van der Waals surface area contributed by atoms with Crippen molar-refractivity contribution in [3.05, 3.63) is 90.9 Å². The molecule has 2 aromatic carbocycles. The lowest BCUT2D eigenvalue weighted by Gasteiger charge is -2.25. The predicted molar refractivity (Wildman–Crippen MR) is 114 cm³/mol. The number of nitrogens with zero attached hydrogens (tertiary/aromatic N) is 3. The number of para-hydroxylation sites is 3. The highest BCUT2D eigenvalue weighted by Crippen LogP contribution is 2.30. The maximum atomic E-state index is 6.07. The van der Waals surface area contributed by atoms with E-state index < -0.39 is 0 Å². The molecule has 150 valence electrons. The first-order chi connectivity index (χ1) is 14.9. The number of ether oxygens (including phenoxy) is 2. The number of hydrogen-bond donors (Lipinski definition) is 1. The molecular weight excluding hydrogens is 376 g/mol. The van der Waals surface area contributed by atoms with Gasteiger partial charge in [0, 0.05) is 24.2 Å². The summed E-state index contributed by atoms with van der Waals surface area (Å²) in [6.45, 7) is 2.15. The van der Waals surface area contributed by atoms with Gasteiger partial charge >= 0.3 is 0 Å². The lowest BCUT2D eigenvalue weighted by atomic mass is 10.1. The Balaban J connectivity index is 1.32. The van der Waals surface area contributed by atoms with Crippen LogP contribution in [0.2, 0.25) is 0 Å². The highest BCUT2D eigenvalue weighted by atomic mass is 16.6. The van der Waals surface area contributed by atoms with Crippen LogP contribution >= 0.6 is 0 Å². The number of fused-ring (bicyclic) bond motifs is 1. The van der Waals surface area contributed by atoms with Crippen molar-refractivity contribution in [1.82, 2.24) is 14.8 Å². The van der Waals surface area contributed by atoms with Gasteiger partial charge in [0.25, 0.3) is 0 Å². The van der Waals surface area contributed by atoms with E-state index in [1.807, 2.05) is 65.5 Å². The van der Waals surface area contributed by atoms with Gasteiger partial charge < -0.3 is 14.8 Å². The number of aromatic nitrogens is 3. The maximum absolute atomic E-state index is 6.07. The summed E-state index contributed by atoms with van der Waals surface area (Å²) in [5.74, 6) is 1.63. The van der Waals surface area contributed by atoms with Crippen molar-refractivity contribution >= 4 is 0 Å². The second-order valence-electron chi connectivity index (χ2n) is 7.25. The summed E-state index contributed by atoms with van der Waals surface area (Å²) in [5, 5.41) is 7.09. The smallest absolute Gasteiger partial charge is 0.181 e. The first kappa shape index (κ1) is 18.4. The highest BCUT2D eigenvalue weighted by Gasteiger charge is 2.22. The first-order valence-corrected chi connectivity index (χ1v) is 10.1. The average Bonchev–Trinajstić information content (AvgIpc) is 3.24. The zero-order valence-corrected chi connectivity index (χ0v) is 16.5. The first-order valence-electron chi connectivity index (χ1n) is 10.1. The molecule has 0 aliphatic carbocycles. The van der Waals surface area contributed by atoms with E-state index in [0.29, 0.717) is 6.61 Å². The van der Waals surface area contributed by atoms with Gasteiger partial charge in [0.1, 0.15) is 25.4 Å². The summed E-state index contributed by atoms with van der Waals surface area (Å²) in [6.07, 6.45) is 5.76. The monoisotopic (exact) mass is 399 g/mol. The number of hydrogen-bond acceptors (Lipinski definition) is 4. The van der Waals surface area contributed by atoms with Crippen LogP contribution in [0.4, 0.5) is 0 Å². The molecular formula is C24H23N4O2+. The van der Waals surface area contributed by atoms with Crippen LogP contribution in [-0.4, -0.2) is 34.0 Å². The zero-order chi connectivity index (χ0) is 20.2. The minimum absolute atomic E-state index is 0.0194. The molecule has 0 saturated heterocycles. The molecule has 2 aromatic heterocycles. The molecule has 0 bridgehead atoms. The van der Waals surface area contributed by atoms with Gasteiger partial charge in [-0.25, -0.2) is 4.68 Å². The molecule has 4 aromatic rings. The van der Waals surface area contributed by atoms with Gasteiger partial charge in [0.15, 0.2) is 17.6 Å². The van der Waals surface area contributed by atoms with Gasteiger partial charge in [0.05, 0.1) is 11.3 Å². The van der Waals surface area contributed by atoms with E-state index >= 15 is 0 Å². The minimum atomic E-state index is 0.0194. The van der Waals surface area contributed by atoms with Gasteiger partial charge in [-0.05, 0) is 36.4 Å². The number of rotatable bonds is 6. The molecule has 1 atom stereocenters. The van der Waals surface area contributed by atoms with Crippen LogP contribution in [0.15, 0.2) is 85.3 Å². The predicted octanol–water partition coefficient (Wildman–Crippen LogP) is 2.84. The van der Waals surface area contributed by atoms with Gasteiger partial charge in [-0.3, -0.25) is 4.98 Å². The number of benzene rings is 2. The average molecular weight is 399 g/mol. The van der Waals surface area contributed by atoms with Crippen molar-refractivity contribution in [2.75, 3.05) is 13.2 Å². The van der Waals surface area contributed by atoms with E-state index in [4.69, 9.17) is 14.6 Å². The molecule has 1 aliphatic rings. The van der Waals surface area contributed by atoms with Crippen molar-refractivity contribution in [2.45, 2.75) is 12.6 Å². The third-order valence-corrected chi connectivity index (χ3v) is 5.11. The molecule has 0 spiro atoms. The van der Waals surface area contributed by atoms with Crippen LogP contribution in [0.3, 0.4) is 0 Å². The van der Waals surface area contributed by atoms with Gasteiger partial charge in [0.2, 0.25) is 0 Å². The maximum Gasteiger partial charge on any atom is 0.181 e. The van der Waals surface area contributed by atoms with Gasteiger partial charge in [-0.2, -0.15) is 5.10 Å². The Kier molecular flexibility index (Phi) is 5.14. The van der Waals surface area contributed by atoms with Crippen LogP contribution < -0.4 is 14.8 Å². The van der Waals surface area contributed by atoms with E-state index in [0.717, 1.165) is 47.1 Å². The Hall–Kier alpha value is -3.64. The van der Waals surface area contributed by atoms with Crippen molar-refractivity contribution in [3.8, 4) is 28.4 Å². The molecule has 5 rings (SSSR count). The Morgan fingerprint density at radius 3 is 2.63 bits per heavy atom. The molecule has 0 saturated carbocycles. The Morgan fingerprint density at radius 1 is 0.967 bits per heavy atom. The van der Waals surface area contributed by atoms with E-state index in [9.17, 15) is 0 Å².